The average molecular weight is 258 g/mol. The van der Waals surface area contributed by atoms with Crippen LogP contribution in [0.4, 0.5) is 5.95 Å². The van der Waals surface area contributed by atoms with Gasteiger partial charge in [0.1, 0.15) is 0 Å². The van der Waals surface area contributed by atoms with Gasteiger partial charge >= 0.3 is 0 Å². The molecule has 1 aromatic heterocycles. The summed E-state index contributed by atoms with van der Waals surface area (Å²) >= 11 is 0. The van der Waals surface area contributed by atoms with Crippen molar-refractivity contribution in [3.63, 3.8) is 0 Å². The molecule has 0 aliphatic heterocycles. The summed E-state index contributed by atoms with van der Waals surface area (Å²) in [7, 11) is 0. The fourth-order valence-electron chi connectivity index (χ4n) is 1.75. The van der Waals surface area contributed by atoms with E-state index in [2.05, 4.69) is 15.2 Å². The molecular weight excluding hydrogens is 240 g/mol. The quantitative estimate of drug-likeness (QED) is 0.880. The maximum Gasteiger partial charge on any atom is 0.245 e. The first-order valence-electron chi connectivity index (χ1n) is 6.28. The number of aryl methyl sites for hydroxylation is 2. The fourth-order valence-corrected chi connectivity index (χ4v) is 1.75. The van der Waals surface area contributed by atoms with Gasteiger partial charge in [0.25, 0.3) is 0 Å². The van der Waals surface area contributed by atoms with Crippen molar-refractivity contribution in [2.45, 2.75) is 20.4 Å². The summed E-state index contributed by atoms with van der Waals surface area (Å²) in [4.78, 5) is 6.35. The first-order valence-corrected chi connectivity index (χ1v) is 6.28. The van der Waals surface area contributed by atoms with Gasteiger partial charge < -0.3 is 10.0 Å². The second-order valence-electron chi connectivity index (χ2n) is 4.41. The molecule has 2 rings (SSSR count). The monoisotopic (exact) mass is 258 g/mol. The number of hydrogen-bond donors (Lipinski definition) is 1. The predicted molar refractivity (Wildman–Crippen MR) is 73.9 cm³/mol. The van der Waals surface area contributed by atoms with E-state index in [1.54, 1.807) is 0 Å². The van der Waals surface area contributed by atoms with E-state index in [0.717, 1.165) is 17.0 Å². The molecule has 1 aromatic carbocycles. The highest BCUT2D eigenvalue weighted by Gasteiger charge is 2.11. The fraction of sp³-hybridized carbons (Fsp3) is 0.357. The van der Waals surface area contributed by atoms with Crippen molar-refractivity contribution in [2.24, 2.45) is 0 Å². The number of benzene rings is 1. The number of rotatable bonds is 5. The van der Waals surface area contributed by atoms with E-state index in [4.69, 9.17) is 0 Å². The third kappa shape index (κ3) is 3.48. The zero-order valence-electron chi connectivity index (χ0n) is 11.2. The summed E-state index contributed by atoms with van der Waals surface area (Å²) in [6, 6.07) is 10.0. The Morgan fingerprint density at radius 3 is 2.42 bits per heavy atom. The molecule has 0 radical (unpaired) electrons. The van der Waals surface area contributed by atoms with Crippen LogP contribution in [0.5, 0.6) is 0 Å². The van der Waals surface area contributed by atoms with Gasteiger partial charge in [0.2, 0.25) is 5.95 Å². The summed E-state index contributed by atoms with van der Waals surface area (Å²) in [6.45, 7) is 4.99. The molecule has 0 spiro atoms. The molecule has 0 fully saturated rings. The minimum absolute atomic E-state index is 0.0586. The van der Waals surface area contributed by atoms with Gasteiger partial charge in [-0.2, -0.15) is 5.10 Å². The Morgan fingerprint density at radius 1 is 1.05 bits per heavy atom. The van der Waals surface area contributed by atoms with E-state index in [0.29, 0.717) is 19.0 Å². The Balaban J connectivity index is 2.21. The van der Waals surface area contributed by atoms with Gasteiger partial charge in [-0.3, -0.25) is 0 Å². The molecule has 0 aliphatic carbocycles. The second-order valence-corrected chi connectivity index (χ2v) is 4.41. The summed E-state index contributed by atoms with van der Waals surface area (Å²) in [5.74, 6) is 0.556. The molecule has 0 unspecified atom stereocenters. The molecule has 0 saturated carbocycles. The third-order valence-corrected chi connectivity index (χ3v) is 2.95. The normalized spacial score (nSPS) is 10.5. The van der Waals surface area contributed by atoms with Gasteiger partial charge in [0.15, 0.2) is 0 Å². The van der Waals surface area contributed by atoms with Gasteiger partial charge in [0.05, 0.1) is 18.0 Å². The highest BCUT2D eigenvalue weighted by molar-refractivity contribution is 5.32. The Morgan fingerprint density at radius 2 is 1.79 bits per heavy atom. The first kappa shape index (κ1) is 13.4. The topological polar surface area (TPSA) is 62.1 Å². The summed E-state index contributed by atoms with van der Waals surface area (Å²) in [5.41, 5.74) is 2.84. The lowest BCUT2D eigenvalue weighted by Crippen LogP contribution is -2.28. The molecule has 1 N–H and O–H groups in total. The van der Waals surface area contributed by atoms with Crippen LogP contribution in [0.3, 0.4) is 0 Å². The molecule has 0 aliphatic rings. The van der Waals surface area contributed by atoms with E-state index in [9.17, 15) is 5.11 Å². The summed E-state index contributed by atoms with van der Waals surface area (Å²) in [5, 5.41) is 17.4. The molecule has 0 saturated heterocycles. The molecule has 19 heavy (non-hydrogen) atoms. The van der Waals surface area contributed by atoms with Crippen molar-refractivity contribution >= 4 is 5.95 Å². The van der Waals surface area contributed by atoms with Crippen LogP contribution in [0.2, 0.25) is 0 Å². The number of anilines is 1. The number of aliphatic hydroxyl groups is 1. The van der Waals surface area contributed by atoms with E-state index >= 15 is 0 Å². The average Bonchev–Trinajstić information content (AvgIpc) is 2.43. The van der Waals surface area contributed by atoms with Crippen LogP contribution in [0.1, 0.15) is 17.0 Å². The van der Waals surface area contributed by atoms with Crippen LogP contribution in [-0.4, -0.2) is 33.4 Å². The summed E-state index contributed by atoms with van der Waals surface area (Å²) in [6.07, 6.45) is 0. The van der Waals surface area contributed by atoms with Crippen LogP contribution < -0.4 is 4.90 Å². The lowest BCUT2D eigenvalue weighted by molar-refractivity contribution is 0.300. The minimum Gasteiger partial charge on any atom is -0.395 e. The summed E-state index contributed by atoms with van der Waals surface area (Å²) < 4.78 is 0. The molecule has 100 valence electrons. The SMILES string of the molecule is Cc1nnc(N(CCO)Cc2ccccc2)nc1C. The third-order valence-electron chi connectivity index (χ3n) is 2.95. The van der Waals surface area contributed by atoms with Gasteiger partial charge in [-0.1, -0.05) is 30.3 Å². The van der Waals surface area contributed by atoms with Crippen LogP contribution in [-0.2, 0) is 6.54 Å². The van der Waals surface area contributed by atoms with E-state index in [1.165, 1.54) is 0 Å². The molecule has 0 amide bonds. The van der Waals surface area contributed by atoms with Crippen LogP contribution in [0.25, 0.3) is 0 Å². The Hall–Kier alpha value is -2.01. The standard InChI is InChI=1S/C14H18N4O/c1-11-12(2)16-17-14(15-11)18(8-9-19)10-13-6-4-3-5-7-13/h3-7,19H,8-10H2,1-2H3. The smallest absolute Gasteiger partial charge is 0.245 e. The van der Waals surface area contributed by atoms with Crippen molar-refractivity contribution in [3.8, 4) is 0 Å². The first-order chi connectivity index (χ1) is 9.20. The van der Waals surface area contributed by atoms with Gasteiger partial charge in [0, 0.05) is 13.1 Å². The Labute approximate surface area is 112 Å². The van der Waals surface area contributed by atoms with Crippen molar-refractivity contribution in [2.75, 3.05) is 18.1 Å². The van der Waals surface area contributed by atoms with Crippen molar-refractivity contribution < 1.29 is 5.11 Å². The minimum atomic E-state index is 0.0586. The van der Waals surface area contributed by atoms with Crippen LogP contribution in [0.15, 0.2) is 30.3 Å². The second kappa shape index (κ2) is 6.24. The lowest BCUT2D eigenvalue weighted by Gasteiger charge is -2.21. The van der Waals surface area contributed by atoms with Crippen molar-refractivity contribution in [3.05, 3.63) is 47.3 Å². The van der Waals surface area contributed by atoms with E-state index in [1.807, 2.05) is 49.1 Å². The molecule has 0 atom stereocenters. The van der Waals surface area contributed by atoms with Gasteiger partial charge in [-0.05, 0) is 19.4 Å². The highest BCUT2D eigenvalue weighted by Crippen LogP contribution is 2.12. The lowest BCUT2D eigenvalue weighted by atomic mass is 10.2. The molecular formula is C14H18N4O. The predicted octanol–water partition coefficient (Wildman–Crippen LogP) is 1.49. The highest BCUT2D eigenvalue weighted by atomic mass is 16.3. The van der Waals surface area contributed by atoms with Crippen molar-refractivity contribution in [1.29, 1.82) is 0 Å². The molecule has 5 heteroatoms. The maximum absolute atomic E-state index is 9.18. The zero-order valence-corrected chi connectivity index (χ0v) is 11.2. The molecule has 1 heterocycles. The maximum atomic E-state index is 9.18. The number of hydrogen-bond acceptors (Lipinski definition) is 5. The Kier molecular flexibility index (Phi) is 4.41. The number of aromatic nitrogens is 3. The number of aliphatic hydroxyl groups excluding tert-OH is 1. The Bertz CT molecular complexity index is 530. The van der Waals surface area contributed by atoms with Crippen molar-refractivity contribution in [1.82, 2.24) is 15.2 Å². The molecule has 5 nitrogen and oxygen atoms in total. The zero-order chi connectivity index (χ0) is 13.7. The van der Waals surface area contributed by atoms with Gasteiger partial charge in [-0.15, -0.1) is 5.10 Å². The molecule has 0 bridgehead atoms. The van der Waals surface area contributed by atoms with Gasteiger partial charge in [-0.25, -0.2) is 4.98 Å². The van der Waals surface area contributed by atoms with Crippen LogP contribution >= 0.6 is 0 Å². The van der Waals surface area contributed by atoms with Crippen LogP contribution in [0, 0.1) is 13.8 Å². The molecule has 2 aromatic rings. The largest absolute Gasteiger partial charge is 0.395 e. The van der Waals surface area contributed by atoms with E-state index < -0.39 is 0 Å². The number of nitrogens with zero attached hydrogens (tertiary/aromatic N) is 4. The van der Waals surface area contributed by atoms with E-state index in [-0.39, 0.29) is 6.61 Å².